The summed E-state index contributed by atoms with van der Waals surface area (Å²) in [5.41, 5.74) is 0.898. The average Bonchev–Trinajstić information content (AvgIpc) is 2.90. The number of benzene rings is 1. The first kappa shape index (κ1) is 13.0. The van der Waals surface area contributed by atoms with E-state index >= 15 is 0 Å². The molecule has 7 nitrogen and oxygen atoms in total. The van der Waals surface area contributed by atoms with Crippen molar-refractivity contribution in [3.8, 4) is 0 Å². The van der Waals surface area contributed by atoms with Gasteiger partial charge in [0, 0.05) is 5.39 Å². The van der Waals surface area contributed by atoms with E-state index in [2.05, 4.69) is 20.5 Å². The number of carboxylic acids is 1. The molecule has 0 aliphatic rings. The summed E-state index contributed by atoms with van der Waals surface area (Å²) in [5, 5.41) is 20.6. The van der Waals surface area contributed by atoms with Crippen LogP contribution in [0.4, 0.5) is 5.69 Å². The molecule has 2 aromatic heterocycles. The molecule has 1 aromatic carbocycles. The summed E-state index contributed by atoms with van der Waals surface area (Å²) in [5.74, 6) is 0.0343. The lowest BCUT2D eigenvalue weighted by molar-refractivity contribution is 0.0690. The van der Waals surface area contributed by atoms with Crippen molar-refractivity contribution in [1.29, 1.82) is 0 Å². The van der Waals surface area contributed by atoms with Gasteiger partial charge in [-0.25, -0.2) is 9.78 Å². The van der Waals surface area contributed by atoms with Crippen molar-refractivity contribution in [3.63, 3.8) is 0 Å². The summed E-state index contributed by atoms with van der Waals surface area (Å²) in [6, 6.07) is 7.20. The van der Waals surface area contributed by atoms with Crippen LogP contribution in [0.3, 0.4) is 0 Å². The number of carbonyl (C=O) groups is 1. The number of aromatic carboxylic acids is 1. The van der Waals surface area contributed by atoms with Crippen LogP contribution in [0.15, 0.2) is 34.9 Å². The topological polar surface area (TPSA) is 101 Å². The standard InChI is InChI=1S/C14H12N4O3/c1-8-6-15-11(21-8)7-16-12-9-4-2-3-5-10(9)17-18-13(12)14(19)20/h2-6H,7H2,1H3,(H,16,17)(H,19,20). The number of hydrogen-bond acceptors (Lipinski definition) is 6. The SMILES string of the molecule is Cc1cnc(CNc2c(C(=O)O)nnc3ccccc23)o1. The molecule has 3 rings (SSSR count). The second kappa shape index (κ2) is 5.20. The number of anilines is 1. The Balaban J connectivity index is 2.01. The Kier molecular flexibility index (Phi) is 3.23. The van der Waals surface area contributed by atoms with Gasteiger partial charge in [-0.15, -0.1) is 10.2 Å². The molecule has 0 amide bonds. The smallest absolute Gasteiger partial charge is 0.358 e. The summed E-state index contributed by atoms with van der Waals surface area (Å²) < 4.78 is 5.36. The Morgan fingerprint density at radius 2 is 2.14 bits per heavy atom. The minimum Gasteiger partial charge on any atom is -0.476 e. The Morgan fingerprint density at radius 1 is 1.33 bits per heavy atom. The molecule has 0 saturated carbocycles. The van der Waals surface area contributed by atoms with Gasteiger partial charge in [-0.1, -0.05) is 18.2 Å². The third kappa shape index (κ3) is 2.53. The quantitative estimate of drug-likeness (QED) is 0.757. The number of carboxylic acid groups (broad SMARTS) is 1. The van der Waals surface area contributed by atoms with Crippen molar-refractivity contribution in [3.05, 3.63) is 47.8 Å². The van der Waals surface area contributed by atoms with E-state index in [0.29, 0.717) is 28.2 Å². The molecule has 0 aliphatic heterocycles. The Labute approximate surface area is 119 Å². The largest absolute Gasteiger partial charge is 0.476 e. The van der Waals surface area contributed by atoms with Gasteiger partial charge in [-0.3, -0.25) is 0 Å². The Morgan fingerprint density at radius 3 is 2.86 bits per heavy atom. The maximum Gasteiger partial charge on any atom is 0.358 e. The second-order valence-corrected chi connectivity index (χ2v) is 4.46. The molecular formula is C14H12N4O3. The molecule has 0 fully saturated rings. The molecule has 2 heterocycles. The predicted octanol–water partition coefficient (Wildman–Crippen LogP) is 2.24. The highest BCUT2D eigenvalue weighted by molar-refractivity contribution is 6.02. The molecule has 21 heavy (non-hydrogen) atoms. The van der Waals surface area contributed by atoms with E-state index < -0.39 is 5.97 Å². The average molecular weight is 284 g/mol. The summed E-state index contributed by atoms with van der Waals surface area (Å²) in [7, 11) is 0. The van der Waals surface area contributed by atoms with Crippen LogP contribution in [0.1, 0.15) is 22.1 Å². The van der Waals surface area contributed by atoms with E-state index in [9.17, 15) is 9.90 Å². The van der Waals surface area contributed by atoms with Gasteiger partial charge in [-0.2, -0.15) is 0 Å². The zero-order chi connectivity index (χ0) is 14.8. The van der Waals surface area contributed by atoms with Crippen molar-refractivity contribution in [2.24, 2.45) is 0 Å². The number of aromatic nitrogens is 3. The number of fused-ring (bicyclic) bond motifs is 1. The van der Waals surface area contributed by atoms with Crippen molar-refractivity contribution in [2.75, 3.05) is 5.32 Å². The molecule has 0 unspecified atom stereocenters. The van der Waals surface area contributed by atoms with E-state index in [-0.39, 0.29) is 12.2 Å². The first-order chi connectivity index (χ1) is 10.1. The predicted molar refractivity (Wildman–Crippen MR) is 75.1 cm³/mol. The lowest BCUT2D eigenvalue weighted by atomic mass is 10.1. The molecule has 7 heteroatoms. The van der Waals surface area contributed by atoms with Gasteiger partial charge in [0.05, 0.1) is 23.9 Å². The summed E-state index contributed by atoms with van der Waals surface area (Å²) in [6.07, 6.45) is 1.61. The number of nitrogens with zero attached hydrogens (tertiary/aromatic N) is 3. The second-order valence-electron chi connectivity index (χ2n) is 4.46. The molecule has 0 saturated heterocycles. The van der Waals surface area contributed by atoms with Crippen molar-refractivity contribution < 1.29 is 14.3 Å². The van der Waals surface area contributed by atoms with E-state index in [4.69, 9.17) is 4.42 Å². The highest BCUT2D eigenvalue weighted by Crippen LogP contribution is 2.24. The third-order valence-electron chi connectivity index (χ3n) is 2.96. The lowest BCUT2D eigenvalue weighted by Gasteiger charge is -2.09. The number of rotatable bonds is 4. The van der Waals surface area contributed by atoms with Gasteiger partial charge in [0.25, 0.3) is 0 Å². The van der Waals surface area contributed by atoms with E-state index in [1.54, 1.807) is 25.3 Å². The molecule has 0 atom stereocenters. The van der Waals surface area contributed by atoms with Gasteiger partial charge >= 0.3 is 5.97 Å². The van der Waals surface area contributed by atoms with E-state index in [1.807, 2.05) is 12.1 Å². The first-order valence-electron chi connectivity index (χ1n) is 6.29. The van der Waals surface area contributed by atoms with Crippen LogP contribution in [0.2, 0.25) is 0 Å². The highest BCUT2D eigenvalue weighted by atomic mass is 16.4. The Bertz CT molecular complexity index is 813. The molecule has 0 spiro atoms. The van der Waals surface area contributed by atoms with Gasteiger partial charge < -0.3 is 14.8 Å². The minimum absolute atomic E-state index is 0.128. The highest BCUT2D eigenvalue weighted by Gasteiger charge is 2.16. The molecular weight excluding hydrogens is 272 g/mol. The summed E-state index contributed by atoms with van der Waals surface area (Å²) in [6.45, 7) is 2.06. The van der Waals surface area contributed by atoms with Crippen LogP contribution in [-0.2, 0) is 6.54 Å². The van der Waals surface area contributed by atoms with Crippen LogP contribution >= 0.6 is 0 Å². The van der Waals surface area contributed by atoms with Gasteiger partial charge in [0.15, 0.2) is 5.69 Å². The fraction of sp³-hybridized carbons (Fsp3) is 0.143. The molecule has 0 bridgehead atoms. The number of nitrogens with one attached hydrogen (secondary N) is 1. The van der Waals surface area contributed by atoms with E-state index in [0.717, 1.165) is 0 Å². The number of aryl methyl sites for hydroxylation is 1. The summed E-state index contributed by atoms with van der Waals surface area (Å²) in [4.78, 5) is 15.4. The van der Waals surface area contributed by atoms with Crippen molar-refractivity contribution in [2.45, 2.75) is 13.5 Å². The van der Waals surface area contributed by atoms with Crippen molar-refractivity contribution >= 4 is 22.6 Å². The summed E-state index contributed by atoms with van der Waals surface area (Å²) >= 11 is 0. The van der Waals surface area contributed by atoms with Crippen LogP contribution < -0.4 is 5.32 Å². The molecule has 2 N–H and O–H groups in total. The fourth-order valence-corrected chi connectivity index (χ4v) is 2.03. The molecule has 0 radical (unpaired) electrons. The van der Waals surface area contributed by atoms with Crippen LogP contribution in [-0.4, -0.2) is 26.3 Å². The lowest BCUT2D eigenvalue weighted by Crippen LogP contribution is -2.10. The zero-order valence-electron chi connectivity index (χ0n) is 11.2. The minimum atomic E-state index is -1.14. The monoisotopic (exact) mass is 284 g/mol. The normalized spacial score (nSPS) is 10.7. The van der Waals surface area contributed by atoms with Gasteiger partial charge in [0.1, 0.15) is 5.76 Å². The number of hydrogen-bond donors (Lipinski definition) is 2. The van der Waals surface area contributed by atoms with Gasteiger partial charge in [0.2, 0.25) is 5.89 Å². The van der Waals surface area contributed by atoms with Crippen LogP contribution in [0.5, 0.6) is 0 Å². The molecule has 106 valence electrons. The van der Waals surface area contributed by atoms with E-state index in [1.165, 1.54) is 0 Å². The molecule has 0 aliphatic carbocycles. The number of oxazole rings is 1. The zero-order valence-corrected chi connectivity index (χ0v) is 11.2. The fourth-order valence-electron chi connectivity index (χ4n) is 2.03. The van der Waals surface area contributed by atoms with Crippen molar-refractivity contribution in [1.82, 2.24) is 15.2 Å². The maximum absolute atomic E-state index is 11.3. The Hall–Kier alpha value is -2.96. The first-order valence-corrected chi connectivity index (χ1v) is 6.29. The van der Waals surface area contributed by atoms with Gasteiger partial charge in [-0.05, 0) is 13.0 Å². The maximum atomic E-state index is 11.3. The van der Waals surface area contributed by atoms with Crippen LogP contribution in [0.25, 0.3) is 10.9 Å². The van der Waals surface area contributed by atoms with Crippen LogP contribution in [0, 0.1) is 6.92 Å². The molecule has 3 aromatic rings. The third-order valence-corrected chi connectivity index (χ3v) is 2.96.